The molecule has 0 bridgehead atoms. The maximum absolute atomic E-state index is 13.0. The first-order valence-corrected chi connectivity index (χ1v) is 11.8. The molecular formula is C26H36ClNO4. The van der Waals surface area contributed by atoms with Crippen molar-refractivity contribution in [1.29, 1.82) is 0 Å². The van der Waals surface area contributed by atoms with Crippen LogP contribution in [0.1, 0.15) is 64.5 Å². The maximum Gasteiger partial charge on any atom is 0.306 e. The fourth-order valence-electron chi connectivity index (χ4n) is 4.77. The predicted octanol–water partition coefficient (Wildman–Crippen LogP) is 5.45. The Morgan fingerprint density at radius 1 is 1.31 bits per heavy atom. The van der Waals surface area contributed by atoms with E-state index in [9.17, 15) is 14.7 Å². The first kappa shape index (κ1) is 24.8. The second-order valence-electron chi connectivity index (χ2n) is 10.7. The van der Waals surface area contributed by atoms with Crippen LogP contribution < -0.4 is 0 Å². The summed E-state index contributed by atoms with van der Waals surface area (Å²) in [6, 6.07) is 6.21. The normalized spacial score (nSPS) is 26.0. The Balaban J connectivity index is 1.92. The molecular weight excluding hydrogens is 426 g/mol. The number of benzene rings is 1. The first-order chi connectivity index (χ1) is 14.9. The number of carboxylic acid groups (broad SMARTS) is 1. The van der Waals surface area contributed by atoms with Crippen LogP contribution in [-0.4, -0.2) is 42.1 Å². The second-order valence-corrected chi connectivity index (χ2v) is 11.2. The molecule has 1 unspecified atom stereocenters. The smallest absolute Gasteiger partial charge is 0.306 e. The number of aryl methyl sites for hydroxylation is 1. The number of amides is 1. The number of carbonyl (C=O) groups is 2. The summed E-state index contributed by atoms with van der Waals surface area (Å²) < 4.78 is 5.17. The maximum atomic E-state index is 13.0. The summed E-state index contributed by atoms with van der Waals surface area (Å²) in [6.07, 6.45) is 5.47. The Morgan fingerprint density at radius 2 is 2.00 bits per heavy atom. The van der Waals surface area contributed by atoms with Gasteiger partial charge in [-0.25, -0.2) is 0 Å². The highest BCUT2D eigenvalue weighted by Crippen LogP contribution is 2.50. The third-order valence-electron chi connectivity index (χ3n) is 7.06. The molecule has 2 aliphatic rings. The van der Waals surface area contributed by atoms with Gasteiger partial charge in [0.25, 0.3) is 0 Å². The molecule has 1 heterocycles. The lowest BCUT2D eigenvalue weighted by Gasteiger charge is -2.46. The van der Waals surface area contributed by atoms with Crippen molar-refractivity contribution in [2.24, 2.45) is 17.3 Å². The fourth-order valence-corrected chi connectivity index (χ4v) is 5.04. The number of carboxylic acids is 1. The Morgan fingerprint density at radius 3 is 2.56 bits per heavy atom. The number of methoxy groups -OCH3 is 1. The third kappa shape index (κ3) is 5.37. The van der Waals surface area contributed by atoms with Gasteiger partial charge in [-0.2, -0.15) is 0 Å². The van der Waals surface area contributed by atoms with Crippen LogP contribution in [0.2, 0.25) is 5.02 Å². The van der Waals surface area contributed by atoms with Gasteiger partial charge in [-0.15, -0.1) is 0 Å². The summed E-state index contributed by atoms with van der Waals surface area (Å²) in [7, 11) is 1.62. The van der Waals surface area contributed by atoms with Gasteiger partial charge in [-0.1, -0.05) is 51.4 Å². The lowest BCUT2D eigenvalue weighted by Crippen LogP contribution is -2.46. The quantitative estimate of drug-likeness (QED) is 0.559. The van der Waals surface area contributed by atoms with Gasteiger partial charge in [0.2, 0.25) is 5.91 Å². The highest BCUT2D eigenvalue weighted by molar-refractivity contribution is 6.31. The van der Waals surface area contributed by atoms with Crippen LogP contribution in [0.25, 0.3) is 0 Å². The molecule has 1 N–H and O–H groups in total. The lowest BCUT2D eigenvalue weighted by atomic mass is 9.60. The van der Waals surface area contributed by atoms with E-state index in [0.717, 1.165) is 34.6 Å². The van der Waals surface area contributed by atoms with E-state index in [0.29, 0.717) is 32.4 Å². The van der Waals surface area contributed by atoms with E-state index >= 15 is 0 Å². The highest BCUT2D eigenvalue weighted by Gasteiger charge is 2.47. The molecule has 1 aromatic rings. The molecule has 6 heteroatoms. The minimum atomic E-state index is -0.738. The van der Waals surface area contributed by atoms with Crippen molar-refractivity contribution in [2.45, 2.75) is 65.2 Å². The number of nitrogens with zero attached hydrogens (tertiary/aromatic N) is 1. The van der Waals surface area contributed by atoms with Crippen molar-refractivity contribution >= 4 is 23.5 Å². The average Bonchev–Trinajstić information content (AvgIpc) is 2.65. The topological polar surface area (TPSA) is 66.8 Å². The van der Waals surface area contributed by atoms with Crippen LogP contribution in [0.3, 0.4) is 0 Å². The van der Waals surface area contributed by atoms with E-state index < -0.39 is 11.4 Å². The minimum Gasteiger partial charge on any atom is -0.481 e. The summed E-state index contributed by atoms with van der Waals surface area (Å²) in [6.45, 7) is 9.72. The average molecular weight is 462 g/mol. The zero-order valence-corrected chi connectivity index (χ0v) is 20.7. The van der Waals surface area contributed by atoms with Crippen molar-refractivity contribution in [3.05, 3.63) is 46.1 Å². The van der Waals surface area contributed by atoms with Gasteiger partial charge in [0.05, 0.1) is 12.5 Å². The largest absolute Gasteiger partial charge is 0.481 e. The van der Waals surface area contributed by atoms with Gasteiger partial charge in [0, 0.05) is 36.7 Å². The molecule has 5 nitrogen and oxygen atoms in total. The number of rotatable bonds is 8. The molecule has 3 rings (SSSR count). The number of allylic oxidation sites excluding steroid dienone is 1. The lowest BCUT2D eigenvalue weighted by molar-refractivity contribution is -0.146. The molecule has 1 saturated carbocycles. The third-order valence-corrected chi connectivity index (χ3v) is 7.41. The number of carbonyl (C=O) groups excluding carboxylic acids is 1. The van der Waals surface area contributed by atoms with Crippen molar-refractivity contribution in [2.75, 3.05) is 20.3 Å². The Labute approximate surface area is 196 Å². The molecule has 0 radical (unpaired) electrons. The van der Waals surface area contributed by atoms with Crippen LogP contribution in [0.4, 0.5) is 0 Å². The number of aliphatic carboxylic acids is 1. The van der Waals surface area contributed by atoms with Crippen LogP contribution in [0, 0.1) is 17.3 Å². The second kappa shape index (κ2) is 9.56. The molecule has 1 aliphatic carbocycles. The van der Waals surface area contributed by atoms with E-state index in [1.807, 2.05) is 12.3 Å². The van der Waals surface area contributed by atoms with Crippen molar-refractivity contribution in [3.8, 4) is 0 Å². The van der Waals surface area contributed by atoms with Crippen LogP contribution in [0.15, 0.2) is 30.0 Å². The standard InChI is InChI=1S/C26H36ClNO4/c1-25(2,3)9-8-17-6-7-20(14-22(17)27)26(4)15-23(29)28(10-11-32-5)16-21(26)18-12-19(13-18)24(30)31/h6-7,14,16,18-19H,8-13,15H2,1-5H3,(H,30,31). The molecule has 0 aromatic heterocycles. The monoisotopic (exact) mass is 461 g/mol. The molecule has 32 heavy (non-hydrogen) atoms. The van der Waals surface area contributed by atoms with Crippen LogP contribution in [0.5, 0.6) is 0 Å². The van der Waals surface area contributed by atoms with Gasteiger partial charge in [-0.3, -0.25) is 9.59 Å². The van der Waals surface area contributed by atoms with Gasteiger partial charge in [-0.05, 0) is 59.8 Å². The SMILES string of the molecule is COCCN1C=C(C2CC(C(=O)O)C2)C(C)(c2ccc(CCC(C)(C)C)c(Cl)c2)CC1=O. The Kier molecular flexibility index (Phi) is 7.41. The van der Waals surface area contributed by atoms with Gasteiger partial charge < -0.3 is 14.7 Å². The molecule has 0 saturated heterocycles. The molecule has 1 atom stereocenters. The highest BCUT2D eigenvalue weighted by atomic mass is 35.5. The molecule has 1 aliphatic heterocycles. The van der Waals surface area contributed by atoms with Gasteiger partial charge >= 0.3 is 5.97 Å². The van der Waals surface area contributed by atoms with E-state index in [1.165, 1.54) is 0 Å². The first-order valence-electron chi connectivity index (χ1n) is 11.5. The fraction of sp³-hybridized carbons (Fsp3) is 0.615. The van der Waals surface area contributed by atoms with E-state index in [2.05, 4.69) is 39.8 Å². The van der Waals surface area contributed by atoms with Crippen molar-refractivity contribution in [3.63, 3.8) is 0 Å². The Hall–Kier alpha value is -1.85. The number of hydrogen-bond donors (Lipinski definition) is 1. The summed E-state index contributed by atoms with van der Waals surface area (Å²) in [4.78, 5) is 26.1. The molecule has 1 aromatic carbocycles. The minimum absolute atomic E-state index is 0.0512. The number of halogens is 1. The summed E-state index contributed by atoms with van der Waals surface area (Å²) >= 11 is 6.70. The molecule has 0 spiro atoms. The zero-order valence-electron chi connectivity index (χ0n) is 19.9. The summed E-state index contributed by atoms with van der Waals surface area (Å²) in [5.74, 6) is -0.842. The van der Waals surface area contributed by atoms with Crippen molar-refractivity contribution < 1.29 is 19.4 Å². The Bertz CT molecular complexity index is 898. The van der Waals surface area contributed by atoms with Gasteiger partial charge in [0.15, 0.2) is 0 Å². The van der Waals surface area contributed by atoms with Crippen LogP contribution >= 0.6 is 11.6 Å². The van der Waals surface area contributed by atoms with Crippen molar-refractivity contribution in [1.82, 2.24) is 4.90 Å². The molecule has 1 fully saturated rings. The molecule has 176 valence electrons. The predicted molar refractivity (Wildman–Crippen MR) is 127 cm³/mol. The van der Waals surface area contributed by atoms with E-state index in [1.54, 1.807) is 12.0 Å². The van der Waals surface area contributed by atoms with Gasteiger partial charge in [0.1, 0.15) is 0 Å². The zero-order chi connectivity index (χ0) is 23.7. The van der Waals surface area contributed by atoms with Crippen LogP contribution in [-0.2, 0) is 26.2 Å². The molecule has 1 amide bonds. The summed E-state index contributed by atoms with van der Waals surface area (Å²) in [5.41, 5.74) is 3.01. The number of ether oxygens (including phenoxy) is 1. The summed E-state index contributed by atoms with van der Waals surface area (Å²) in [5, 5.41) is 10.1. The number of hydrogen-bond acceptors (Lipinski definition) is 3. The van der Waals surface area contributed by atoms with E-state index in [4.69, 9.17) is 16.3 Å². The van der Waals surface area contributed by atoms with E-state index in [-0.39, 0.29) is 23.2 Å².